The summed E-state index contributed by atoms with van der Waals surface area (Å²) in [6, 6.07) is 5.21. The van der Waals surface area contributed by atoms with E-state index in [9.17, 15) is 4.79 Å². The molecular weight excluding hydrogens is 365 g/mol. The van der Waals surface area contributed by atoms with Crippen LogP contribution in [0.2, 0.25) is 5.02 Å². The van der Waals surface area contributed by atoms with Crippen molar-refractivity contribution in [2.45, 2.75) is 13.3 Å². The number of aromatic amines is 1. The number of benzene rings is 1. The molecule has 2 N–H and O–H groups in total. The molecule has 94 valence electrons. The van der Waals surface area contributed by atoms with Gasteiger partial charge in [-0.25, -0.2) is 0 Å². The number of anilines is 1. The number of hydrogen-bond acceptors (Lipinski definition) is 2. The Hall–Kier alpha value is -1.08. The summed E-state index contributed by atoms with van der Waals surface area (Å²) in [6.07, 6.45) is 2.51. The quantitative estimate of drug-likeness (QED) is 0.807. The maximum atomic E-state index is 12.0. The fourth-order valence-corrected chi connectivity index (χ4v) is 2.03. The van der Waals surface area contributed by atoms with E-state index >= 15 is 0 Å². The van der Waals surface area contributed by atoms with E-state index in [-0.39, 0.29) is 5.91 Å². The third-order valence-electron chi connectivity index (χ3n) is 2.52. The van der Waals surface area contributed by atoms with Crippen molar-refractivity contribution in [1.82, 2.24) is 10.2 Å². The topological polar surface area (TPSA) is 57.8 Å². The van der Waals surface area contributed by atoms with Gasteiger partial charge < -0.3 is 5.32 Å². The van der Waals surface area contributed by atoms with Crippen molar-refractivity contribution >= 4 is 45.9 Å². The number of nitrogens with zero attached hydrogens (tertiary/aromatic N) is 1. The molecule has 1 aromatic carbocycles. The smallest absolute Gasteiger partial charge is 0.256 e. The van der Waals surface area contributed by atoms with E-state index in [2.05, 4.69) is 38.1 Å². The molecule has 0 atom stereocenters. The van der Waals surface area contributed by atoms with E-state index in [0.717, 1.165) is 15.6 Å². The number of aryl methyl sites for hydroxylation is 1. The first kappa shape index (κ1) is 13.4. The average Bonchev–Trinajstić information content (AvgIpc) is 2.79. The lowest BCUT2D eigenvalue weighted by atomic mass is 10.2. The zero-order valence-corrected chi connectivity index (χ0v) is 12.5. The highest BCUT2D eigenvalue weighted by Gasteiger charge is 2.11. The minimum Gasteiger partial charge on any atom is -0.307 e. The van der Waals surface area contributed by atoms with E-state index in [4.69, 9.17) is 11.6 Å². The molecule has 1 aromatic heterocycles. The van der Waals surface area contributed by atoms with Crippen LogP contribution in [-0.4, -0.2) is 16.1 Å². The van der Waals surface area contributed by atoms with Crippen molar-refractivity contribution in [2.24, 2.45) is 0 Å². The zero-order chi connectivity index (χ0) is 13.1. The number of nitrogens with one attached hydrogen (secondary N) is 2. The number of carbonyl (C=O) groups excluding carboxylic acids is 1. The molecule has 2 rings (SSSR count). The molecule has 0 radical (unpaired) electrons. The summed E-state index contributed by atoms with van der Waals surface area (Å²) in [6.45, 7) is 2.00. The van der Waals surface area contributed by atoms with E-state index in [0.29, 0.717) is 16.4 Å². The molecule has 0 aliphatic carbocycles. The van der Waals surface area contributed by atoms with Crippen molar-refractivity contribution in [3.63, 3.8) is 0 Å². The van der Waals surface area contributed by atoms with Crippen LogP contribution in [0, 0.1) is 3.57 Å². The number of halogens is 2. The van der Waals surface area contributed by atoms with Crippen LogP contribution in [0.4, 0.5) is 5.82 Å². The van der Waals surface area contributed by atoms with Crippen LogP contribution >= 0.6 is 34.2 Å². The fourth-order valence-electron chi connectivity index (χ4n) is 1.51. The summed E-state index contributed by atoms with van der Waals surface area (Å²) in [7, 11) is 0. The van der Waals surface area contributed by atoms with E-state index in [1.165, 1.54) is 0 Å². The molecule has 2 aromatic rings. The van der Waals surface area contributed by atoms with Crippen molar-refractivity contribution in [3.05, 3.63) is 44.1 Å². The van der Waals surface area contributed by atoms with Gasteiger partial charge in [0.25, 0.3) is 5.91 Å². The van der Waals surface area contributed by atoms with Gasteiger partial charge in [0, 0.05) is 14.7 Å². The van der Waals surface area contributed by atoms with Gasteiger partial charge in [-0.15, -0.1) is 0 Å². The SMILES string of the molecule is CCc1cn[nH]c1NC(=O)c1ccc(I)c(Cl)c1. The van der Waals surface area contributed by atoms with Gasteiger partial charge in [0.15, 0.2) is 0 Å². The standard InChI is InChI=1S/C12H11ClIN3O/c1-2-7-6-15-17-11(7)16-12(18)8-3-4-10(14)9(13)5-8/h3-6H,2H2,1H3,(H2,15,16,17,18). The van der Waals surface area contributed by atoms with Crippen molar-refractivity contribution in [2.75, 3.05) is 5.32 Å². The molecule has 4 nitrogen and oxygen atoms in total. The molecular formula is C12H11ClIN3O. The van der Waals surface area contributed by atoms with Gasteiger partial charge in [-0.3, -0.25) is 9.89 Å². The predicted molar refractivity (Wildman–Crippen MR) is 80.1 cm³/mol. The minimum absolute atomic E-state index is 0.202. The van der Waals surface area contributed by atoms with E-state index in [1.807, 2.05) is 13.0 Å². The van der Waals surface area contributed by atoms with Crippen LogP contribution in [0.3, 0.4) is 0 Å². The molecule has 0 aliphatic rings. The van der Waals surface area contributed by atoms with Crippen LogP contribution in [0.5, 0.6) is 0 Å². The Morgan fingerprint density at radius 2 is 2.33 bits per heavy atom. The summed E-state index contributed by atoms with van der Waals surface area (Å²) in [4.78, 5) is 12.0. The largest absolute Gasteiger partial charge is 0.307 e. The number of H-pyrrole nitrogens is 1. The maximum absolute atomic E-state index is 12.0. The molecule has 1 amide bonds. The van der Waals surface area contributed by atoms with Gasteiger partial charge in [-0.05, 0) is 47.2 Å². The van der Waals surface area contributed by atoms with Crippen LogP contribution in [0.15, 0.2) is 24.4 Å². The van der Waals surface area contributed by atoms with Gasteiger partial charge in [0.05, 0.1) is 11.2 Å². The molecule has 0 unspecified atom stereocenters. The molecule has 0 bridgehead atoms. The Morgan fingerprint density at radius 3 is 3.00 bits per heavy atom. The van der Waals surface area contributed by atoms with Crippen LogP contribution in [-0.2, 0) is 6.42 Å². The third kappa shape index (κ3) is 2.84. The van der Waals surface area contributed by atoms with Gasteiger partial charge in [-0.1, -0.05) is 18.5 Å². The van der Waals surface area contributed by atoms with E-state index in [1.54, 1.807) is 18.3 Å². The summed E-state index contributed by atoms with van der Waals surface area (Å²) in [5, 5.41) is 10.0. The van der Waals surface area contributed by atoms with Crippen molar-refractivity contribution in [1.29, 1.82) is 0 Å². The Morgan fingerprint density at radius 1 is 1.56 bits per heavy atom. The number of rotatable bonds is 3. The number of aromatic nitrogens is 2. The zero-order valence-electron chi connectivity index (χ0n) is 9.63. The Balaban J connectivity index is 2.19. The second-order valence-corrected chi connectivity index (χ2v) is 5.28. The molecule has 0 aliphatic heterocycles. The van der Waals surface area contributed by atoms with Gasteiger partial charge in [0.2, 0.25) is 0 Å². The molecule has 18 heavy (non-hydrogen) atoms. The fraction of sp³-hybridized carbons (Fsp3) is 0.167. The summed E-state index contributed by atoms with van der Waals surface area (Å²) in [5.74, 6) is 0.435. The lowest BCUT2D eigenvalue weighted by Crippen LogP contribution is -2.13. The van der Waals surface area contributed by atoms with Crippen LogP contribution < -0.4 is 5.32 Å². The van der Waals surface area contributed by atoms with Crippen molar-refractivity contribution < 1.29 is 4.79 Å². The molecule has 0 spiro atoms. The minimum atomic E-state index is -0.202. The average molecular weight is 376 g/mol. The molecule has 0 saturated heterocycles. The second-order valence-electron chi connectivity index (χ2n) is 3.71. The normalized spacial score (nSPS) is 10.4. The monoisotopic (exact) mass is 375 g/mol. The van der Waals surface area contributed by atoms with Gasteiger partial charge in [-0.2, -0.15) is 5.10 Å². The summed E-state index contributed by atoms with van der Waals surface area (Å²) in [5.41, 5.74) is 1.50. The Labute approximate surface area is 123 Å². The molecule has 0 fully saturated rings. The lowest BCUT2D eigenvalue weighted by Gasteiger charge is -2.05. The highest BCUT2D eigenvalue weighted by Crippen LogP contribution is 2.20. The van der Waals surface area contributed by atoms with Crippen LogP contribution in [0.1, 0.15) is 22.8 Å². The second kappa shape index (κ2) is 5.71. The number of hydrogen-bond donors (Lipinski definition) is 2. The molecule has 6 heteroatoms. The van der Waals surface area contributed by atoms with Crippen LogP contribution in [0.25, 0.3) is 0 Å². The number of amides is 1. The van der Waals surface area contributed by atoms with Crippen molar-refractivity contribution in [3.8, 4) is 0 Å². The third-order valence-corrected chi connectivity index (χ3v) is 4.09. The number of carbonyl (C=O) groups is 1. The Kier molecular flexibility index (Phi) is 4.23. The lowest BCUT2D eigenvalue weighted by molar-refractivity contribution is 0.102. The highest BCUT2D eigenvalue weighted by atomic mass is 127. The van der Waals surface area contributed by atoms with Gasteiger partial charge in [0.1, 0.15) is 5.82 Å². The molecule has 1 heterocycles. The first-order valence-corrected chi connectivity index (χ1v) is 6.86. The summed E-state index contributed by atoms with van der Waals surface area (Å²) >= 11 is 8.11. The summed E-state index contributed by atoms with van der Waals surface area (Å²) < 4.78 is 0.918. The van der Waals surface area contributed by atoms with Gasteiger partial charge >= 0.3 is 0 Å². The maximum Gasteiger partial charge on any atom is 0.256 e. The van der Waals surface area contributed by atoms with E-state index < -0.39 is 0 Å². The highest BCUT2D eigenvalue weighted by molar-refractivity contribution is 14.1. The first-order valence-electron chi connectivity index (χ1n) is 5.40. The first-order chi connectivity index (χ1) is 8.61. The predicted octanol–water partition coefficient (Wildman–Crippen LogP) is 3.48. The Bertz CT molecular complexity index is 582. The molecule has 0 saturated carbocycles.